The predicted molar refractivity (Wildman–Crippen MR) is 87.0 cm³/mol. The van der Waals surface area contributed by atoms with Gasteiger partial charge in [-0.1, -0.05) is 12.1 Å². The lowest BCUT2D eigenvalue weighted by atomic mass is 10.1. The van der Waals surface area contributed by atoms with Crippen molar-refractivity contribution in [2.24, 2.45) is 5.73 Å². The van der Waals surface area contributed by atoms with Crippen LogP contribution >= 0.6 is 15.9 Å². The van der Waals surface area contributed by atoms with Crippen LogP contribution < -0.4 is 10.5 Å². The molecule has 0 radical (unpaired) electrons. The standard InChI is InChI=1S/C16H12BrN3O/c17-11-5-1-8-14(15(11)16(18)19)21-13-7-2-6-12-10(13)4-3-9-20-12/h1-9H,(H3,18,19). The van der Waals surface area contributed by atoms with Crippen LogP contribution in [0.2, 0.25) is 0 Å². The molecule has 0 aliphatic heterocycles. The number of halogens is 1. The van der Waals surface area contributed by atoms with E-state index in [1.54, 1.807) is 12.3 Å². The summed E-state index contributed by atoms with van der Waals surface area (Å²) < 4.78 is 6.70. The molecule has 0 saturated heterocycles. The molecule has 3 rings (SSSR count). The molecule has 21 heavy (non-hydrogen) atoms. The minimum absolute atomic E-state index is 0.0455. The molecule has 0 saturated carbocycles. The molecule has 0 aliphatic rings. The maximum absolute atomic E-state index is 7.70. The third-order valence-electron chi connectivity index (χ3n) is 3.07. The quantitative estimate of drug-likeness (QED) is 0.557. The van der Waals surface area contributed by atoms with Crippen LogP contribution in [0.1, 0.15) is 5.56 Å². The van der Waals surface area contributed by atoms with Crippen LogP contribution in [0.5, 0.6) is 11.5 Å². The lowest BCUT2D eigenvalue weighted by Gasteiger charge is -2.13. The van der Waals surface area contributed by atoms with E-state index in [1.165, 1.54) is 0 Å². The molecule has 104 valence electrons. The number of benzene rings is 2. The minimum atomic E-state index is -0.0455. The Morgan fingerprint density at radius 1 is 1.05 bits per heavy atom. The van der Waals surface area contributed by atoms with Gasteiger partial charge in [-0.15, -0.1) is 0 Å². The number of amidine groups is 1. The Hall–Kier alpha value is -2.40. The zero-order valence-electron chi connectivity index (χ0n) is 11.0. The lowest BCUT2D eigenvalue weighted by Crippen LogP contribution is -2.13. The Morgan fingerprint density at radius 2 is 1.81 bits per heavy atom. The van der Waals surface area contributed by atoms with Crippen LogP contribution in [0.3, 0.4) is 0 Å². The molecule has 2 aromatic carbocycles. The first-order valence-electron chi connectivity index (χ1n) is 6.31. The summed E-state index contributed by atoms with van der Waals surface area (Å²) >= 11 is 3.40. The van der Waals surface area contributed by atoms with Crippen LogP contribution in [-0.2, 0) is 0 Å². The number of hydrogen-bond donors (Lipinski definition) is 2. The predicted octanol–water partition coefficient (Wildman–Crippen LogP) is 4.07. The van der Waals surface area contributed by atoms with Gasteiger partial charge in [0, 0.05) is 16.1 Å². The summed E-state index contributed by atoms with van der Waals surface area (Å²) in [4.78, 5) is 4.30. The smallest absolute Gasteiger partial charge is 0.139 e. The molecule has 0 amide bonds. The normalized spacial score (nSPS) is 10.5. The maximum atomic E-state index is 7.70. The van der Waals surface area contributed by atoms with Crippen molar-refractivity contribution < 1.29 is 4.74 Å². The zero-order chi connectivity index (χ0) is 14.8. The third-order valence-corrected chi connectivity index (χ3v) is 3.73. The van der Waals surface area contributed by atoms with Gasteiger partial charge in [0.2, 0.25) is 0 Å². The van der Waals surface area contributed by atoms with Crippen molar-refractivity contribution in [1.29, 1.82) is 5.41 Å². The molecular weight excluding hydrogens is 330 g/mol. The molecule has 0 atom stereocenters. The maximum Gasteiger partial charge on any atom is 0.139 e. The van der Waals surface area contributed by atoms with Gasteiger partial charge in [-0.25, -0.2) is 0 Å². The topological polar surface area (TPSA) is 72.0 Å². The van der Waals surface area contributed by atoms with Gasteiger partial charge < -0.3 is 10.5 Å². The highest BCUT2D eigenvalue weighted by Crippen LogP contribution is 2.33. The number of pyridine rings is 1. The van der Waals surface area contributed by atoms with Crippen LogP contribution in [0.4, 0.5) is 0 Å². The number of aromatic nitrogens is 1. The van der Waals surface area contributed by atoms with Gasteiger partial charge in [0.15, 0.2) is 0 Å². The summed E-state index contributed by atoms with van der Waals surface area (Å²) in [6.07, 6.45) is 1.74. The number of nitrogens with two attached hydrogens (primary N) is 1. The third kappa shape index (κ3) is 2.60. The highest BCUT2D eigenvalue weighted by Gasteiger charge is 2.12. The summed E-state index contributed by atoms with van der Waals surface area (Å²) in [5, 5.41) is 8.61. The van der Waals surface area contributed by atoms with Gasteiger partial charge in [-0.05, 0) is 52.3 Å². The number of nitrogens with zero attached hydrogens (tertiary/aromatic N) is 1. The van der Waals surface area contributed by atoms with Crippen molar-refractivity contribution >= 4 is 32.7 Å². The Labute approximate surface area is 130 Å². The van der Waals surface area contributed by atoms with Crippen molar-refractivity contribution in [3.63, 3.8) is 0 Å². The molecule has 3 N–H and O–H groups in total. The number of ether oxygens (including phenoxy) is 1. The molecule has 0 fully saturated rings. The van der Waals surface area contributed by atoms with Crippen molar-refractivity contribution in [3.8, 4) is 11.5 Å². The molecular formula is C16H12BrN3O. The van der Waals surface area contributed by atoms with Gasteiger partial charge in [0.1, 0.15) is 17.3 Å². The van der Waals surface area contributed by atoms with Crippen LogP contribution in [0.25, 0.3) is 10.9 Å². The summed E-state index contributed by atoms with van der Waals surface area (Å²) in [7, 11) is 0. The number of nitrogen functional groups attached to an aromatic ring is 1. The monoisotopic (exact) mass is 341 g/mol. The van der Waals surface area contributed by atoms with Gasteiger partial charge in [0.25, 0.3) is 0 Å². The largest absolute Gasteiger partial charge is 0.456 e. The van der Waals surface area contributed by atoms with E-state index < -0.39 is 0 Å². The molecule has 0 spiro atoms. The molecule has 5 heteroatoms. The average Bonchev–Trinajstić information content (AvgIpc) is 2.47. The van der Waals surface area contributed by atoms with Crippen molar-refractivity contribution in [2.45, 2.75) is 0 Å². The highest BCUT2D eigenvalue weighted by molar-refractivity contribution is 9.10. The lowest BCUT2D eigenvalue weighted by molar-refractivity contribution is 0.486. The fraction of sp³-hybridized carbons (Fsp3) is 0. The van der Waals surface area contributed by atoms with Gasteiger partial charge in [-0.3, -0.25) is 10.4 Å². The summed E-state index contributed by atoms with van der Waals surface area (Å²) in [5.74, 6) is 1.17. The average molecular weight is 342 g/mol. The van der Waals surface area contributed by atoms with E-state index in [2.05, 4.69) is 20.9 Å². The first kappa shape index (κ1) is 13.6. The highest BCUT2D eigenvalue weighted by atomic mass is 79.9. The fourth-order valence-corrected chi connectivity index (χ4v) is 2.69. The van der Waals surface area contributed by atoms with E-state index in [9.17, 15) is 0 Å². The van der Waals surface area contributed by atoms with Crippen LogP contribution in [-0.4, -0.2) is 10.8 Å². The van der Waals surface area contributed by atoms with Crippen LogP contribution in [0.15, 0.2) is 59.2 Å². The Bertz CT molecular complexity index is 827. The van der Waals surface area contributed by atoms with Crippen molar-refractivity contribution in [2.75, 3.05) is 0 Å². The molecule has 0 unspecified atom stereocenters. The molecule has 1 aromatic heterocycles. The van der Waals surface area contributed by atoms with E-state index in [-0.39, 0.29) is 5.84 Å². The van der Waals surface area contributed by atoms with E-state index in [0.29, 0.717) is 17.1 Å². The molecule has 0 aliphatic carbocycles. The Morgan fingerprint density at radius 3 is 2.62 bits per heavy atom. The number of hydrogen-bond acceptors (Lipinski definition) is 3. The second-order valence-electron chi connectivity index (χ2n) is 4.45. The van der Waals surface area contributed by atoms with Crippen LogP contribution in [0, 0.1) is 5.41 Å². The summed E-state index contributed by atoms with van der Waals surface area (Å²) in [6, 6.07) is 14.9. The van der Waals surface area contributed by atoms with Crippen molar-refractivity contribution in [1.82, 2.24) is 4.98 Å². The summed E-state index contributed by atoms with van der Waals surface area (Å²) in [5.41, 5.74) is 7.04. The van der Waals surface area contributed by atoms with E-state index in [1.807, 2.05) is 42.5 Å². The number of fused-ring (bicyclic) bond motifs is 1. The molecule has 1 heterocycles. The minimum Gasteiger partial charge on any atom is -0.456 e. The second kappa shape index (κ2) is 5.54. The van der Waals surface area contributed by atoms with Gasteiger partial charge >= 0.3 is 0 Å². The fourth-order valence-electron chi connectivity index (χ4n) is 2.13. The number of rotatable bonds is 3. The second-order valence-corrected chi connectivity index (χ2v) is 5.31. The van der Waals surface area contributed by atoms with E-state index in [0.717, 1.165) is 15.4 Å². The number of nitrogens with one attached hydrogen (secondary N) is 1. The summed E-state index contributed by atoms with van der Waals surface area (Å²) in [6.45, 7) is 0. The zero-order valence-corrected chi connectivity index (χ0v) is 12.6. The molecule has 0 bridgehead atoms. The molecule has 3 aromatic rings. The van der Waals surface area contributed by atoms with E-state index >= 15 is 0 Å². The van der Waals surface area contributed by atoms with Gasteiger partial charge in [-0.2, -0.15) is 0 Å². The Balaban J connectivity index is 2.12. The first-order valence-corrected chi connectivity index (χ1v) is 7.10. The SMILES string of the molecule is N=C(N)c1c(Br)cccc1Oc1cccc2ncccc12. The van der Waals surface area contributed by atoms with E-state index in [4.69, 9.17) is 15.9 Å². The van der Waals surface area contributed by atoms with Gasteiger partial charge in [0.05, 0.1) is 11.1 Å². The molecule has 4 nitrogen and oxygen atoms in total. The first-order chi connectivity index (χ1) is 10.2. The van der Waals surface area contributed by atoms with Crippen molar-refractivity contribution in [3.05, 3.63) is 64.8 Å². The Kier molecular flexibility index (Phi) is 3.58.